The summed E-state index contributed by atoms with van der Waals surface area (Å²) in [6, 6.07) is 12.2. The van der Waals surface area contributed by atoms with Crippen molar-refractivity contribution in [3.05, 3.63) is 71.8 Å². The van der Waals surface area contributed by atoms with Gasteiger partial charge >= 0.3 is 0 Å². The highest BCUT2D eigenvalue weighted by Gasteiger charge is 2.31. The minimum Gasteiger partial charge on any atom is -0.489 e. The van der Waals surface area contributed by atoms with Crippen LogP contribution in [0.1, 0.15) is 35.6 Å². The van der Waals surface area contributed by atoms with Crippen LogP contribution in [0.25, 0.3) is 0 Å². The number of rotatable bonds is 4. The van der Waals surface area contributed by atoms with E-state index in [1.54, 1.807) is 51.2 Å². The van der Waals surface area contributed by atoms with Crippen LogP contribution in [0.3, 0.4) is 0 Å². The van der Waals surface area contributed by atoms with Crippen molar-refractivity contribution in [2.75, 3.05) is 18.6 Å². The number of fused-ring (bicyclic) bond motifs is 1. The molecule has 0 saturated heterocycles. The first-order chi connectivity index (χ1) is 17.6. The molecular weight excluding hydrogens is 474 g/mol. The molecule has 1 aliphatic heterocycles. The van der Waals surface area contributed by atoms with E-state index in [1.165, 1.54) is 29.4 Å². The molecule has 1 unspecified atom stereocenters. The van der Waals surface area contributed by atoms with Crippen LogP contribution >= 0.6 is 0 Å². The summed E-state index contributed by atoms with van der Waals surface area (Å²) in [5.41, 5.74) is 0.0419. The maximum absolute atomic E-state index is 13.2. The van der Waals surface area contributed by atoms with Crippen molar-refractivity contribution in [2.45, 2.75) is 25.5 Å². The SMILES string of the molecule is CN1C(=O)C(NC(=O)c2cc(Oc3cccnc3C#N)ccn2)COc2ccc(C#CC(C)(C)O)cc21. The highest BCUT2D eigenvalue weighted by atomic mass is 16.5. The molecule has 0 bridgehead atoms. The highest BCUT2D eigenvalue weighted by molar-refractivity contribution is 6.03. The van der Waals surface area contributed by atoms with Crippen LogP contribution in [0.4, 0.5) is 5.69 Å². The van der Waals surface area contributed by atoms with Crippen LogP contribution < -0.4 is 19.7 Å². The maximum atomic E-state index is 13.2. The summed E-state index contributed by atoms with van der Waals surface area (Å²) in [6.45, 7) is 3.07. The third-order valence-corrected chi connectivity index (χ3v) is 5.24. The predicted octanol–water partition coefficient (Wildman–Crippen LogP) is 2.42. The minimum absolute atomic E-state index is 0.0151. The number of benzene rings is 1. The topological polar surface area (TPSA) is 138 Å². The molecular formula is C27H23N5O5. The van der Waals surface area contributed by atoms with Crippen molar-refractivity contribution in [3.8, 4) is 35.2 Å². The third kappa shape index (κ3) is 6.01. The Morgan fingerprint density at radius 3 is 2.81 bits per heavy atom. The summed E-state index contributed by atoms with van der Waals surface area (Å²) in [4.78, 5) is 35.5. The van der Waals surface area contributed by atoms with E-state index < -0.39 is 17.6 Å². The zero-order chi connectivity index (χ0) is 26.6. The van der Waals surface area contributed by atoms with Gasteiger partial charge in [-0.25, -0.2) is 4.98 Å². The highest BCUT2D eigenvalue weighted by Crippen LogP contribution is 2.31. The van der Waals surface area contributed by atoms with Crippen molar-refractivity contribution < 1.29 is 24.2 Å². The second-order valence-electron chi connectivity index (χ2n) is 8.67. The van der Waals surface area contributed by atoms with E-state index in [9.17, 15) is 20.0 Å². The molecule has 0 saturated carbocycles. The second-order valence-corrected chi connectivity index (χ2v) is 8.67. The second kappa shape index (κ2) is 10.4. The van der Waals surface area contributed by atoms with Gasteiger partial charge in [-0.05, 0) is 50.2 Å². The average Bonchev–Trinajstić information content (AvgIpc) is 2.99. The van der Waals surface area contributed by atoms with Gasteiger partial charge in [0.05, 0.1) is 5.69 Å². The fourth-order valence-corrected chi connectivity index (χ4v) is 3.42. The number of nitriles is 1. The number of pyridine rings is 2. The fraction of sp³-hybridized carbons (Fsp3) is 0.222. The largest absolute Gasteiger partial charge is 0.489 e. The van der Waals surface area contributed by atoms with E-state index in [1.807, 2.05) is 6.07 Å². The third-order valence-electron chi connectivity index (χ3n) is 5.24. The number of aromatic nitrogens is 2. The van der Waals surface area contributed by atoms with E-state index in [0.29, 0.717) is 17.0 Å². The van der Waals surface area contributed by atoms with Gasteiger partial charge in [0, 0.05) is 31.1 Å². The Hall–Kier alpha value is -4.93. The normalized spacial score (nSPS) is 14.7. The Morgan fingerprint density at radius 2 is 2.05 bits per heavy atom. The number of ether oxygens (including phenoxy) is 2. The Bertz CT molecular complexity index is 1460. The molecule has 10 heteroatoms. The fourth-order valence-electron chi connectivity index (χ4n) is 3.42. The molecule has 2 N–H and O–H groups in total. The summed E-state index contributed by atoms with van der Waals surface area (Å²) in [5.74, 6) is 5.59. The van der Waals surface area contributed by atoms with E-state index >= 15 is 0 Å². The van der Waals surface area contributed by atoms with Crippen LogP contribution in [-0.2, 0) is 4.79 Å². The predicted molar refractivity (Wildman–Crippen MR) is 133 cm³/mol. The number of nitrogens with one attached hydrogen (secondary N) is 1. The summed E-state index contributed by atoms with van der Waals surface area (Å²) in [6.07, 6.45) is 2.86. The maximum Gasteiger partial charge on any atom is 0.270 e. The van der Waals surface area contributed by atoms with Gasteiger partial charge in [-0.2, -0.15) is 5.26 Å². The Labute approximate surface area is 213 Å². The molecule has 2 aromatic heterocycles. The van der Waals surface area contributed by atoms with Gasteiger partial charge in [-0.1, -0.05) is 11.8 Å². The molecule has 3 heterocycles. The lowest BCUT2D eigenvalue weighted by Crippen LogP contribution is -2.49. The van der Waals surface area contributed by atoms with Crippen molar-refractivity contribution in [1.82, 2.24) is 15.3 Å². The molecule has 1 aromatic carbocycles. The Morgan fingerprint density at radius 1 is 1.24 bits per heavy atom. The molecule has 2 amide bonds. The van der Waals surface area contributed by atoms with Crippen LogP contribution in [0.5, 0.6) is 17.2 Å². The van der Waals surface area contributed by atoms with Gasteiger partial charge in [0.2, 0.25) is 0 Å². The van der Waals surface area contributed by atoms with Crippen LogP contribution in [-0.4, -0.2) is 52.2 Å². The smallest absolute Gasteiger partial charge is 0.270 e. The van der Waals surface area contributed by atoms with E-state index in [2.05, 4.69) is 27.1 Å². The summed E-state index contributed by atoms with van der Waals surface area (Å²) >= 11 is 0. The van der Waals surface area contributed by atoms with Crippen LogP contribution in [0, 0.1) is 23.2 Å². The first-order valence-electron chi connectivity index (χ1n) is 11.2. The average molecular weight is 498 g/mol. The Kier molecular flexibility index (Phi) is 7.05. The molecule has 0 aliphatic carbocycles. The number of nitrogens with zero attached hydrogens (tertiary/aromatic N) is 4. The number of carbonyl (C=O) groups excluding carboxylic acids is 2. The molecule has 37 heavy (non-hydrogen) atoms. The van der Waals surface area contributed by atoms with Gasteiger partial charge in [0.15, 0.2) is 11.4 Å². The molecule has 0 fully saturated rings. The minimum atomic E-state index is -1.16. The molecule has 1 aliphatic rings. The van der Waals surface area contributed by atoms with Crippen molar-refractivity contribution >= 4 is 17.5 Å². The lowest BCUT2D eigenvalue weighted by molar-refractivity contribution is -0.120. The lowest BCUT2D eigenvalue weighted by Gasteiger charge is -2.20. The molecule has 0 radical (unpaired) electrons. The standard InChI is InChI=1S/C27H23N5O5/c1-27(2,35)10-8-17-6-7-24-22(13-17)32(3)26(34)21(16-36-24)31-25(33)19-14-18(9-12-30-19)37-23-5-4-11-29-20(23)15-28/h4-7,9,11-14,21,35H,16H2,1-3H3,(H,31,33). The summed E-state index contributed by atoms with van der Waals surface area (Å²) in [7, 11) is 1.58. The number of hydrogen-bond donors (Lipinski definition) is 2. The van der Waals surface area contributed by atoms with Gasteiger partial charge in [0.25, 0.3) is 11.8 Å². The molecule has 0 spiro atoms. The first-order valence-corrected chi connectivity index (χ1v) is 11.2. The molecule has 3 aromatic rings. The van der Waals surface area contributed by atoms with Gasteiger partial charge in [0.1, 0.15) is 41.5 Å². The number of aliphatic hydroxyl groups is 1. The number of carbonyl (C=O) groups is 2. The van der Waals surface area contributed by atoms with Crippen molar-refractivity contribution in [1.29, 1.82) is 5.26 Å². The van der Waals surface area contributed by atoms with E-state index in [0.717, 1.165) is 0 Å². The Balaban J connectivity index is 1.49. The molecule has 1 atom stereocenters. The zero-order valence-electron chi connectivity index (χ0n) is 20.3. The van der Waals surface area contributed by atoms with Crippen molar-refractivity contribution in [3.63, 3.8) is 0 Å². The first kappa shape index (κ1) is 25.2. The molecule has 186 valence electrons. The number of amides is 2. The number of anilines is 1. The van der Waals surface area contributed by atoms with Crippen LogP contribution in [0.15, 0.2) is 54.9 Å². The monoisotopic (exact) mass is 497 g/mol. The van der Waals surface area contributed by atoms with Gasteiger partial charge < -0.3 is 24.8 Å². The number of hydrogen-bond acceptors (Lipinski definition) is 8. The zero-order valence-corrected chi connectivity index (χ0v) is 20.3. The molecule has 4 rings (SSSR count). The van der Waals surface area contributed by atoms with Crippen LogP contribution in [0.2, 0.25) is 0 Å². The lowest BCUT2D eigenvalue weighted by atomic mass is 10.1. The van der Waals surface area contributed by atoms with Gasteiger partial charge in [-0.15, -0.1) is 0 Å². The van der Waals surface area contributed by atoms with Gasteiger partial charge in [-0.3, -0.25) is 14.6 Å². The molecule has 10 nitrogen and oxygen atoms in total. The van der Waals surface area contributed by atoms with E-state index in [4.69, 9.17) is 9.47 Å². The quantitative estimate of drug-likeness (QED) is 0.524. The summed E-state index contributed by atoms with van der Waals surface area (Å²) < 4.78 is 11.5. The number of likely N-dealkylation sites (N-methyl/N-ethyl adjacent to an activating group) is 1. The summed E-state index contributed by atoms with van der Waals surface area (Å²) in [5, 5.41) is 21.7. The van der Waals surface area contributed by atoms with Crippen molar-refractivity contribution in [2.24, 2.45) is 0 Å². The van der Waals surface area contributed by atoms with E-state index in [-0.39, 0.29) is 35.4 Å².